The number of aliphatic carboxylic acids is 1. The molecular weight excluding hydrogens is 210 g/mol. The maximum atomic E-state index is 10.6. The van der Waals surface area contributed by atoms with E-state index in [0.29, 0.717) is 11.3 Å². The van der Waals surface area contributed by atoms with Crippen molar-refractivity contribution in [2.24, 2.45) is 0 Å². The van der Waals surface area contributed by atoms with Crippen molar-refractivity contribution in [1.29, 1.82) is 0 Å². The molecule has 0 unspecified atom stereocenters. The second-order valence-corrected chi connectivity index (χ2v) is 3.38. The van der Waals surface area contributed by atoms with Crippen molar-refractivity contribution in [3.05, 3.63) is 18.3 Å². The van der Waals surface area contributed by atoms with Crippen LogP contribution in [0.15, 0.2) is 18.3 Å². The highest BCUT2D eigenvalue weighted by molar-refractivity contribution is 5.77. The molecule has 84 valence electrons. The van der Waals surface area contributed by atoms with Gasteiger partial charge in [-0.05, 0) is 12.1 Å². The lowest BCUT2D eigenvalue weighted by Crippen LogP contribution is -2.25. The predicted octanol–water partition coefficient (Wildman–Crippen LogP) is -0.168. The van der Waals surface area contributed by atoms with Crippen molar-refractivity contribution < 1.29 is 9.90 Å². The lowest BCUT2D eigenvalue weighted by Gasteiger charge is -2.16. The third-order valence-electron chi connectivity index (χ3n) is 2.14. The van der Waals surface area contributed by atoms with Gasteiger partial charge in [0.15, 0.2) is 5.65 Å². The van der Waals surface area contributed by atoms with Crippen LogP contribution in [0, 0.1) is 0 Å². The number of aromatic nitrogens is 3. The molecule has 2 aromatic heterocycles. The molecule has 2 heterocycles. The van der Waals surface area contributed by atoms with Gasteiger partial charge in [0.05, 0.1) is 5.69 Å². The quantitative estimate of drug-likeness (QED) is 0.747. The average molecular weight is 221 g/mol. The summed E-state index contributed by atoms with van der Waals surface area (Å²) in [7, 11) is 1.67. The standard InChI is InChI=1S/C9H11N5O2/c1-13(5-7(15)16)6-3-2-4-14-8(6)11-9(10)12-14/h2-4H,5H2,1H3,(H2,10,12)(H,15,16). The summed E-state index contributed by atoms with van der Waals surface area (Å²) in [6, 6.07) is 3.53. The van der Waals surface area contributed by atoms with E-state index in [9.17, 15) is 4.79 Å². The highest BCUT2D eigenvalue weighted by Crippen LogP contribution is 2.18. The molecule has 0 aliphatic heterocycles. The Kier molecular flexibility index (Phi) is 2.35. The summed E-state index contributed by atoms with van der Waals surface area (Å²) in [5.74, 6) is -0.742. The van der Waals surface area contributed by atoms with Crippen LogP contribution in [0.3, 0.4) is 0 Å². The molecule has 2 aromatic rings. The van der Waals surface area contributed by atoms with Crippen molar-refractivity contribution in [1.82, 2.24) is 14.6 Å². The van der Waals surface area contributed by atoms with Crippen LogP contribution < -0.4 is 10.6 Å². The summed E-state index contributed by atoms with van der Waals surface area (Å²) in [4.78, 5) is 16.2. The molecule has 0 fully saturated rings. The van der Waals surface area contributed by atoms with Gasteiger partial charge >= 0.3 is 5.97 Å². The normalized spacial score (nSPS) is 10.6. The Morgan fingerprint density at radius 3 is 3.12 bits per heavy atom. The van der Waals surface area contributed by atoms with Crippen LogP contribution in [-0.2, 0) is 4.79 Å². The number of carboxylic acids is 1. The Hall–Kier alpha value is -2.31. The summed E-state index contributed by atoms with van der Waals surface area (Å²) in [5.41, 5.74) is 6.70. The molecular formula is C9H11N5O2. The van der Waals surface area contributed by atoms with Crippen LogP contribution in [-0.4, -0.2) is 39.3 Å². The number of nitrogens with zero attached hydrogens (tertiary/aromatic N) is 4. The van der Waals surface area contributed by atoms with Gasteiger partial charge in [0.25, 0.3) is 0 Å². The topological polar surface area (TPSA) is 96.8 Å². The smallest absolute Gasteiger partial charge is 0.323 e. The number of likely N-dealkylation sites (N-methyl/N-ethyl adjacent to an activating group) is 1. The van der Waals surface area contributed by atoms with Gasteiger partial charge in [0.1, 0.15) is 6.54 Å². The number of pyridine rings is 1. The molecule has 16 heavy (non-hydrogen) atoms. The first kappa shape index (κ1) is 10.2. The molecule has 0 aliphatic rings. The van der Waals surface area contributed by atoms with E-state index < -0.39 is 5.97 Å². The Bertz CT molecular complexity index is 536. The Morgan fingerprint density at radius 1 is 1.69 bits per heavy atom. The highest BCUT2D eigenvalue weighted by Gasteiger charge is 2.11. The minimum absolute atomic E-state index is 0.105. The van der Waals surface area contributed by atoms with Gasteiger partial charge < -0.3 is 15.7 Å². The van der Waals surface area contributed by atoms with Crippen molar-refractivity contribution in [2.45, 2.75) is 0 Å². The van der Waals surface area contributed by atoms with Crippen molar-refractivity contribution in [3.63, 3.8) is 0 Å². The summed E-state index contributed by atoms with van der Waals surface area (Å²) in [6.07, 6.45) is 1.71. The number of rotatable bonds is 3. The van der Waals surface area contributed by atoms with E-state index in [4.69, 9.17) is 10.8 Å². The predicted molar refractivity (Wildman–Crippen MR) is 58.3 cm³/mol. The first-order valence-electron chi connectivity index (χ1n) is 4.61. The molecule has 0 aliphatic carbocycles. The number of nitrogens with two attached hydrogens (primary N) is 1. The van der Waals surface area contributed by atoms with Crippen LogP contribution in [0.1, 0.15) is 0 Å². The molecule has 7 heteroatoms. The van der Waals surface area contributed by atoms with Gasteiger partial charge in [0, 0.05) is 13.2 Å². The zero-order valence-electron chi connectivity index (χ0n) is 8.66. The Labute approximate surface area is 91.1 Å². The Morgan fingerprint density at radius 2 is 2.44 bits per heavy atom. The number of carbonyl (C=O) groups is 1. The van der Waals surface area contributed by atoms with Gasteiger partial charge in [-0.2, -0.15) is 4.98 Å². The minimum atomic E-state index is -0.906. The van der Waals surface area contributed by atoms with Crippen LogP contribution in [0.5, 0.6) is 0 Å². The summed E-state index contributed by atoms with van der Waals surface area (Å²) in [6.45, 7) is -0.105. The van der Waals surface area contributed by atoms with Gasteiger partial charge in [0.2, 0.25) is 5.95 Å². The molecule has 0 amide bonds. The molecule has 0 bridgehead atoms. The lowest BCUT2D eigenvalue weighted by molar-refractivity contribution is -0.135. The monoisotopic (exact) mass is 221 g/mol. The molecule has 0 aromatic carbocycles. The number of nitrogen functional groups attached to an aromatic ring is 1. The lowest BCUT2D eigenvalue weighted by atomic mass is 10.3. The van der Waals surface area contributed by atoms with E-state index in [1.807, 2.05) is 0 Å². The van der Waals surface area contributed by atoms with Gasteiger partial charge in [-0.1, -0.05) is 0 Å². The maximum absolute atomic E-state index is 10.6. The molecule has 0 radical (unpaired) electrons. The molecule has 2 rings (SSSR count). The van der Waals surface area contributed by atoms with E-state index in [1.165, 1.54) is 4.52 Å². The molecule has 0 saturated carbocycles. The van der Waals surface area contributed by atoms with Gasteiger partial charge in [-0.3, -0.25) is 4.79 Å². The largest absolute Gasteiger partial charge is 0.480 e. The molecule has 0 atom stereocenters. The van der Waals surface area contributed by atoms with Gasteiger partial charge in [-0.15, -0.1) is 5.10 Å². The van der Waals surface area contributed by atoms with Crippen LogP contribution in [0.2, 0.25) is 0 Å². The number of fused-ring (bicyclic) bond motifs is 1. The second-order valence-electron chi connectivity index (χ2n) is 3.38. The summed E-state index contributed by atoms with van der Waals surface area (Å²) in [5, 5.41) is 12.7. The number of carboxylic acid groups (broad SMARTS) is 1. The van der Waals surface area contributed by atoms with Crippen LogP contribution in [0.4, 0.5) is 11.6 Å². The SMILES string of the molecule is CN(CC(=O)O)c1cccn2nc(N)nc12. The second kappa shape index (κ2) is 3.69. The van der Waals surface area contributed by atoms with E-state index in [2.05, 4.69) is 10.1 Å². The zero-order valence-corrected chi connectivity index (χ0v) is 8.66. The molecule has 3 N–H and O–H groups in total. The zero-order chi connectivity index (χ0) is 11.7. The maximum Gasteiger partial charge on any atom is 0.323 e. The fourth-order valence-corrected chi connectivity index (χ4v) is 1.49. The summed E-state index contributed by atoms with van der Waals surface area (Å²) < 4.78 is 1.52. The third-order valence-corrected chi connectivity index (χ3v) is 2.14. The Balaban J connectivity index is 2.47. The van der Waals surface area contributed by atoms with Crippen LogP contribution >= 0.6 is 0 Å². The highest BCUT2D eigenvalue weighted by atomic mass is 16.4. The van der Waals surface area contributed by atoms with E-state index in [-0.39, 0.29) is 12.5 Å². The van der Waals surface area contributed by atoms with Crippen molar-refractivity contribution in [3.8, 4) is 0 Å². The van der Waals surface area contributed by atoms with Crippen LogP contribution in [0.25, 0.3) is 5.65 Å². The number of anilines is 2. The van der Waals surface area contributed by atoms with E-state index >= 15 is 0 Å². The first-order valence-corrected chi connectivity index (χ1v) is 4.61. The number of hydrogen-bond acceptors (Lipinski definition) is 5. The molecule has 7 nitrogen and oxygen atoms in total. The molecule has 0 spiro atoms. The minimum Gasteiger partial charge on any atom is -0.480 e. The van der Waals surface area contributed by atoms with Crippen molar-refractivity contribution in [2.75, 3.05) is 24.2 Å². The van der Waals surface area contributed by atoms with Crippen molar-refractivity contribution >= 4 is 23.3 Å². The average Bonchev–Trinajstić information content (AvgIpc) is 2.55. The fourth-order valence-electron chi connectivity index (χ4n) is 1.49. The summed E-state index contributed by atoms with van der Waals surface area (Å²) >= 11 is 0. The van der Waals surface area contributed by atoms with E-state index in [0.717, 1.165) is 0 Å². The van der Waals surface area contributed by atoms with E-state index in [1.54, 1.807) is 30.3 Å². The first-order chi connectivity index (χ1) is 7.58. The number of hydrogen-bond donors (Lipinski definition) is 2. The fraction of sp³-hybridized carbons (Fsp3) is 0.222. The molecule has 0 saturated heterocycles. The third kappa shape index (κ3) is 1.74. The van der Waals surface area contributed by atoms with Gasteiger partial charge in [-0.25, -0.2) is 4.52 Å².